The number of ether oxygens (including phenoxy) is 1. The lowest BCUT2D eigenvalue weighted by Gasteiger charge is -2.50. The van der Waals surface area contributed by atoms with Crippen LogP contribution in [0, 0.1) is 5.92 Å². The summed E-state index contributed by atoms with van der Waals surface area (Å²) in [6, 6.07) is 0. The Labute approximate surface area is 105 Å². The van der Waals surface area contributed by atoms with E-state index in [0.717, 1.165) is 19.3 Å². The normalized spacial score (nSPS) is 42.1. The average Bonchev–Trinajstić information content (AvgIpc) is 2.24. The molecule has 0 aromatic carbocycles. The minimum absolute atomic E-state index is 0.0556. The predicted octanol–water partition coefficient (Wildman–Crippen LogP) is 3.44. The van der Waals surface area contributed by atoms with E-state index in [2.05, 4.69) is 19.9 Å². The largest absolute Gasteiger partial charge is 0.390 e. The van der Waals surface area contributed by atoms with Crippen LogP contribution in [0.5, 0.6) is 0 Å². The van der Waals surface area contributed by atoms with Gasteiger partial charge in [0.2, 0.25) is 0 Å². The Morgan fingerprint density at radius 1 is 1.29 bits per heavy atom. The standard InChI is InChI=1S/C15H26O2/c1-11-5-7-12(8-6-11)15(4)10-9-13(16)14(2,3)17-15/h5,12-13,16H,6-10H2,1-4H3/t12-,13+,15+/m0/s1. The zero-order chi connectivity index (χ0) is 12.7. The molecule has 1 N–H and O–H groups in total. The molecule has 2 heteroatoms. The van der Waals surface area contributed by atoms with Crippen molar-refractivity contribution in [2.24, 2.45) is 5.92 Å². The van der Waals surface area contributed by atoms with Gasteiger partial charge in [0.1, 0.15) is 0 Å². The fourth-order valence-corrected chi connectivity index (χ4v) is 3.30. The fraction of sp³-hybridized carbons (Fsp3) is 0.867. The molecule has 1 heterocycles. The second-order valence-electron chi connectivity index (χ2n) is 6.59. The van der Waals surface area contributed by atoms with Gasteiger partial charge < -0.3 is 9.84 Å². The van der Waals surface area contributed by atoms with E-state index in [1.165, 1.54) is 18.4 Å². The van der Waals surface area contributed by atoms with E-state index in [1.807, 2.05) is 13.8 Å². The van der Waals surface area contributed by atoms with Crippen molar-refractivity contribution in [3.05, 3.63) is 11.6 Å². The molecular weight excluding hydrogens is 212 g/mol. The first-order valence-corrected chi connectivity index (χ1v) is 6.87. The monoisotopic (exact) mass is 238 g/mol. The van der Waals surface area contributed by atoms with Crippen LogP contribution in [-0.2, 0) is 4.74 Å². The van der Waals surface area contributed by atoms with Crippen molar-refractivity contribution in [3.8, 4) is 0 Å². The van der Waals surface area contributed by atoms with Crippen molar-refractivity contribution in [1.29, 1.82) is 0 Å². The van der Waals surface area contributed by atoms with Crippen LogP contribution in [0.3, 0.4) is 0 Å². The number of aliphatic hydroxyl groups is 1. The van der Waals surface area contributed by atoms with E-state index in [1.54, 1.807) is 0 Å². The van der Waals surface area contributed by atoms with E-state index in [9.17, 15) is 5.11 Å². The number of allylic oxidation sites excluding steroid dienone is 2. The summed E-state index contributed by atoms with van der Waals surface area (Å²) in [5.41, 5.74) is 1.06. The fourth-order valence-electron chi connectivity index (χ4n) is 3.30. The molecule has 2 nitrogen and oxygen atoms in total. The number of hydrogen-bond acceptors (Lipinski definition) is 2. The lowest BCUT2D eigenvalue weighted by molar-refractivity contribution is -0.233. The SMILES string of the molecule is CC1=CC[C@H]([C@@]2(C)CC[C@@H](O)C(C)(C)O2)CC1. The molecule has 1 fully saturated rings. The van der Waals surface area contributed by atoms with Gasteiger partial charge in [-0.3, -0.25) is 0 Å². The van der Waals surface area contributed by atoms with Crippen molar-refractivity contribution in [3.63, 3.8) is 0 Å². The highest BCUT2D eigenvalue weighted by Crippen LogP contribution is 2.44. The lowest BCUT2D eigenvalue weighted by atomic mass is 9.73. The second kappa shape index (κ2) is 4.40. The molecule has 1 aliphatic carbocycles. The topological polar surface area (TPSA) is 29.5 Å². The van der Waals surface area contributed by atoms with Gasteiger partial charge in [-0.2, -0.15) is 0 Å². The molecule has 0 aromatic rings. The molecule has 2 rings (SSSR count). The quantitative estimate of drug-likeness (QED) is 0.709. The predicted molar refractivity (Wildman–Crippen MR) is 69.9 cm³/mol. The van der Waals surface area contributed by atoms with Gasteiger partial charge in [-0.15, -0.1) is 0 Å². The minimum Gasteiger partial charge on any atom is -0.390 e. The summed E-state index contributed by atoms with van der Waals surface area (Å²) in [5.74, 6) is 0.609. The van der Waals surface area contributed by atoms with E-state index in [0.29, 0.717) is 5.92 Å². The Hall–Kier alpha value is -0.340. The van der Waals surface area contributed by atoms with Crippen LogP contribution in [0.25, 0.3) is 0 Å². The van der Waals surface area contributed by atoms with Gasteiger partial charge in [-0.25, -0.2) is 0 Å². The summed E-state index contributed by atoms with van der Waals surface area (Å²) in [5, 5.41) is 9.97. The first kappa shape index (κ1) is 13.1. The number of hydrogen-bond donors (Lipinski definition) is 1. The van der Waals surface area contributed by atoms with Gasteiger partial charge >= 0.3 is 0 Å². The summed E-state index contributed by atoms with van der Waals surface area (Å²) < 4.78 is 6.27. The first-order chi connectivity index (χ1) is 7.83. The summed E-state index contributed by atoms with van der Waals surface area (Å²) in [4.78, 5) is 0. The molecule has 3 atom stereocenters. The molecule has 0 spiro atoms. The van der Waals surface area contributed by atoms with Crippen LogP contribution in [0.15, 0.2) is 11.6 Å². The van der Waals surface area contributed by atoms with Crippen molar-refractivity contribution >= 4 is 0 Å². The van der Waals surface area contributed by atoms with Gasteiger partial charge in [-0.05, 0) is 65.7 Å². The maximum atomic E-state index is 9.97. The summed E-state index contributed by atoms with van der Waals surface area (Å²) in [6.07, 6.45) is 7.45. The number of aliphatic hydroxyl groups excluding tert-OH is 1. The Morgan fingerprint density at radius 3 is 2.53 bits per heavy atom. The van der Waals surface area contributed by atoms with E-state index >= 15 is 0 Å². The van der Waals surface area contributed by atoms with Crippen LogP contribution in [0.2, 0.25) is 0 Å². The lowest BCUT2D eigenvalue weighted by Crippen LogP contribution is -2.55. The van der Waals surface area contributed by atoms with Crippen LogP contribution in [0.4, 0.5) is 0 Å². The van der Waals surface area contributed by atoms with Gasteiger partial charge in [0.05, 0.1) is 17.3 Å². The van der Waals surface area contributed by atoms with Crippen LogP contribution >= 0.6 is 0 Å². The third kappa shape index (κ3) is 2.58. The third-order valence-electron chi connectivity index (χ3n) is 4.71. The molecule has 1 aliphatic heterocycles. The Bertz CT molecular complexity index is 319. The van der Waals surface area contributed by atoms with Gasteiger partial charge in [0.25, 0.3) is 0 Å². The van der Waals surface area contributed by atoms with E-state index in [4.69, 9.17) is 4.74 Å². The van der Waals surface area contributed by atoms with Gasteiger partial charge in [0, 0.05) is 0 Å². The minimum atomic E-state index is -0.400. The number of rotatable bonds is 1. The molecule has 0 radical (unpaired) electrons. The second-order valence-corrected chi connectivity index (χ2v) is 6.59. The average molecular weight is 238 g/mol. The van der Waals surface area contributed by atoms with E-state index in [-0.39, 0.29) is 11.7 Å². The van der Waals surface area contributed by atoms with Crippen molar-refractivity contribution in [1.82, 2.24) is 0 Å². The highest BCUT2D eigenvalue weighted by atomic mass is 16.5. The maximum absolute atomic E-state index is 9.97. The smallest absolute Gasteiger partial charge is 0.0891 e. The van der Waals surface area contributed by atoms with Crippen LogP contribution < -0.4 is 0 Å². The molecule has 2 aliphatic rings. The molecule has 17 heavy (non-hydrogen) atoms. The summed E-state index contributed by atoms with van der Waals surface area (Å²) >= 11 is 0. The third-order valence-corrected chi connectivity index (χ3v) is 4.71. The van der Waals surface area contributed by atoms with Gasteiger partial charge in [-0.1, -0.05) is 11.6 Å². The van der Waals surface area contributed by atoms with Crippen LogP contribution in [0.1, 0.15) is 59.8 Å². The van der Waals surface area contributed by atoms with Crippen LogP contribution in [-0.4, -0.2) is 22.4 Å². The molecule has 0 aromatic heterocycles. The molecule has 98 valence electrons. The zero-order valence-corrected chi connectivity index (χ0v) is 11.6. The summed E-state index contributed by atoms with van der Waals surface area (Å²) in [7, 11) is 0. The highest BCUT2D eigenvalue weighted by Gasteiger charge is 2.46. The van der Waals surface area contributed by atoms with Crippen molar-refractivity contribution < 1.29 is 9.84 Å². The molecule has 0 unspecified atom stereocenters. The highest BCUT2D eigenvalue weighted by molar-refractivity contribution is 5.07. The first-order valence-electron chi connectivity index (χ1n) is 6.87. The van der Waals surface area contributed by atoms with Crippen molar-refractivity contribution in [2.45, 2.75) is 77.1 Å². The van der Waals surface area contributed by atoms with Crippen molar-refractivity contribution in [2.75, 3.05) is 0 Å². The zero-order valence-electron chi connectivity index (χ0n) is 11.6. The Kier molecular flexibility index (Phi) is 3.39. The molecule has 0 saturated carbocycles. The van der Waals surface area contributed by atoms with E-state index < -0.39 is 5.60 Å². The van der Waals surface area contributed by atoms with Gasteiger partial charge in [0.15, 0.2) is 0 Å². The maximum Gasteiger partial charge on any atom is 0.0891 e. The summed E-state index contributed by atoms with van der Waals surface area (Å²) in [6.45, 7) is 8.48. The molecule has 1 saturated heterocycles. The Morgan fingerprint density at radius 2 is 2.00 bits per heavy atom. The molecular formula is C15H26O2. The molecule has 0 bridgehead atoms. The molecule has 0 amide bonds. The Balaban J connectivity index is 2.10.